The van der Waals surface area contributed by atoms with Gasteiger partial charge in [0.25, 0.3) is 0 Å². The number of anilines is 3. The molecule has 1 aliphatic carbocycles. The number of rotatable bonds is 5. The predicted molar refractivity (Wildman–Crippen MR) is 247 cm³/mol. The van der Waals surface area contributed by atoms with Gasteiger partial charge in [0.1, 0.15) is 11.2 Å². The van der Waals surface area contributed by atoms with Crippen LogP contribution in [0.4, 0.5) is 17.1 Å². The summed E-state index contributed by atoms with van der Waals surface area (Å²) in [6.45, 7) is 4.73. The molecule has 9 aromatic carbocycles. The van der Waals surface area contributed by atoms with Crippen LogP contribution in [-0.4, -0.2) is 0 Å². The van der Waals surface area contributed by atoms with E-state index >= 15 is 0 Å². The molecule has 0 saturated carbocycles. The largest absolute Gasteiger partial charge is 0.455 e. The minimum Gasteiger partial charge on any atom is -0.455 e. The van der Waals surface area contributed by atoms with Crippen molar-refractivity contribution in [1.82, 2.24) is 0 Å². The van der Waals surface area contributed by atoms with Crippen molar-refractivity contribution < 1.29 is 4.42 Å². The Morgan fingerprint density at radius 1 is 0.483 bits per heavy atom. The first-order valence-electron chi connectivity index (χ1n) is 20.0. The van der Waals surface area contributed by atoms with Crippen molar-refractivity contribution in [2.24, 2.45) is 0 Å². The second kappa shape index (κ2) is 12.5. The lowest BCUT2D eigenvalue weighted by Crippen LogP contribution is -2.16. The second-order valence-electron chi connectivity index (χ2n) is 16.0. The maximum absolute atomic E-state index is 6.62. The van der Waals surface area contributed by atoms with Crippen molar-refractivity contribution >= 4 is 81.3 Å². The Morgan fingerprint density at radius 3 is 2.10 bits per heavy atom. The number of fused-ring (bicyclic) bond motifs is 11. The number of benzene rings is 9. The topological polar surface area (TPSA) is 16.4 Å². The Kier molecular flexibility index (Phi) is 7.18. The van der Waals surface area contributed by atoms with Crippen LogP contribution in [0.3, 0.4) is 0 Å². The van der Waals surface area contributed by atoms with Gasteiger partial charge in [-0.1, -0.05) is 153 Å². The van der Waals surface area contributed by atoms with Crippen molar-refractivity contribution in [3.05, 3.63) is 199 Å². The van der Waals surface area contributed by atoms with Crippen molar-refractivity contribution in [1.29, 1.82) is 0 Å². The van der Waals surface area contributed by atoms with E-state index in [1.165, 1.54) is 64.6 Å². The average molecular weight is 760 g/mol. The Labute approximate surface area is 340 Å². The molecule has 3 heteroatoms. The number of furan rings is 1. The summed E-state index contributed by atoms with van der Waals surface area (Å²) in [5.41, 5.74) is 15.4. The number of hydrogen-bond donors (Lipinski definition) is 0. The molecule has 2 nitrogen and oxygen atoms in total. The molecule has 0 bridgehead atoms. The minimum atomic E-state index is -0.0965. The summed E-state index contributed by atoms with van der Waals surface area (Å²) in [5, 5.41) is 7.16. The minimum absolute atomic E-state index is 0.0965. The van der Waals surface area contributed by atoms with E-state index in [1.807, 2.05) is 11.3 Å². The Hall–Kier alpha value is -6.94. The third-order valence-electron chi connectivity index (χ3n) is 12.4. The van der Waals surface area contributed by atoms with Crippen LogP contribution in [0.5, 0.6) is 0 Å². The van der Waals surface area contributed by atoms with Crippen LogP contribution in [0, 0.1) is 0 Å². The monoisotopic (exact) mass is 759 g/mol. The van der Waals surface area contributed by atoms with Crippen LogP contribution >= 0.6 is 11.3 Å². The summed E-state index contributed by atoms with van der Waals surface area (Å²) in [6, 6.07) is 68.8. The van der Waals surface area contributed by atoms with Crippen LogP contribution in [0.1, 0.15) is 25.0 Å². The van der Waals surface area contributed by atoms with Gasteiger partial charge in [0, 0.05) is 48.4 Å². The zero-order valence-electron chi connectivity index (χ0n) is 32.2. The van der Waals surface area contributed by atoms with Gasteiger partial charge >= 0.3 is 0 Å². The van der Waals surface area contributed by atoms with Gasteiger partial charge in [0.2, 0.25) is 0 Å². The molecule has 1 aliphatic rings. The second-order valence-corrected chi connectivity index (χ2v) is 17.1. The number of hydrogen-bond acceptors (Lipinski definition) is 3. The summed E-state index contributed by atoms with van der Waals surface area (Å²) in [4.78, 5) is 2.45. The van der Waals surface area contributed by atoms with Crippen LogP contribution in [-0.2, 0) is 5.41 Å². The number of nitrogens with zero attached hydrogens (tertiary/aromatic N) is 1. The van der Waals surface area contributed by atoms with Crippen molar-refractivity contribution in [3.8, 4) is 33.4 Å². The number of thiophene rings is 1. The highest BCUT2D eigenvalue weighted by molar-refractivity contribution is 7.26. The van der Waals surface area contributed by atoms with E-state index in [4.69, 9.17) is 4.42 Å². The van der Waals surface area contributed by atoms with Crippen molar-refractivity contribution in [2.45, 2.75) is 19.3 Å². The summed E-state index contributed by atoms with van der Waals surface area (Å²) in [6.07, 6.45) is 0. The first-order chi connectivity index (χ1) is 28.5. The van der Waals surface area contributed by atoms with E-state index in [9.17, 15) is 0 Å². The fourth-order valence-corrected chi connectivity index (χ4v) is 11.0. The van der Waals surface area contributed by atoms with Crippen LogP contribution < -0.4 is 4.90 Å². The molecule has 0 aliphatic heterocycles. The molecule has 2 aromatic heterocycles. The molecule has 0 amide bonds. The zero-order chi connectivity index (χ0) is 38.5. The molecular weight excluding hydrogens is 723 g/mol. The van der Waals surface area contributed by atoms with Crippen LogP contribution in [0.25, 0.3) is 86.3 Å². The Morgan fingerprint density at radius 2 is 1.19 bits per heavy atom. The van der Waals surface area contributed by atoms with E-state index in [0.717, 1.165) is 49.8 Å². The average Bonchev–Trinajstić information content (AvgIpc) is 3.93. The lowest BCUT2D eigenvalue weighted by atomic mass is 9.79. The molecule has 0 fully saturated rings. The molecule has 0 saturated heterocycles. The summed E-state index contributed by atoms with van der Waals surface area (Å²) in [7, 11) is 0. The van der Waals surface area contributed by atoms with Gasteiger partial charge < -0.3 is 9.32 Å². The standard InChI is InChI=1S/C55H37NOS/c1-55(2)47-23-7-5-17-42(47)44-21-10-20-40(52(44)55)35-27-30-37(31-28-35)56(48-24-11-22-45-43-18-6-8-26-50(43)58-54(45)48)38-15-9-14-36(33-38)39-19-12-25-49-51(39)46-32-29-34-13-3-4-16-41(34)53(46)57-49/h3-33H,1-2H3. The van der Waals surface area contributed by atoms with Crippen LogP contribution in [0.15, 0.2) is 192 Å². The lowest BCUT2D eigenvalue weighted by molar-refractivity contribution is 0.662. The van der Waals surface area contributed by atoms with Gasteiger partial charge in [-0.15, -0.1) is 11.3 Å². The van der Waals surface area contributed by atoms with Gasteiger partial charge in [-0.05, 0) is 98.4 Å². The molecule has 0 unspecified atom stereocenters. The molecule has 2 heterocycles. The van der Waals surface area contributed by atoms with Crippen molar-refractivity contribution in [3.63, 3.8) is 0 Å². The molecule has 0 spiro atoms. The van der Waals surface area contributed by atoms with Gasteiger partial charge in [-0.3, -0.25) is 0 Å². The first-order valence-corrected chi connectivity index (χ1v) is 20.8. The summed E-state index contributed by atoms with van der Waals surface area (Å²) >= 11 is 1.87. The highest BCUT2D eigenvalue weighted by Gasteiger charge is 2.37. The predicted octanol–water partition coefficient (Wildman–Crippen LogP) is 16.2. The zero-order valence-corrected chi connectivity index (χ0v) is 33.0. The molecule has 0 atom stereocenters. The normalized spacial score (nSPS) is 13.1. The van der Waals surface area contributed by atoms with Crippen LogP contribution in [0.2, 0.25) is 0 Å². The molecule has 0 N–H and O–H groups in total. The van der Waals surface area contributed by atoms with Gasteiger partial charge in [0.05, 0.1) is 10.4 Å². The SMILES string of the molecule is CC1(C)c2ccccc2-c2cccc(-c3ccc(N(c4cccc(-c5cccc6oc7c8ccccc8ccc7c56)c4)c4cccc5c4sc4ccccc45)cc3)c21. The maximum atomic E-state index is 6.62. The smallest absolute Gasteiger partial charge is 0.143 e. The van der Waals surface area contributed by atoms with Crippen molar-refractivity contribution in [2.75, 3.05) is 4.90 Å². The van der Waals surface area contributed by atoms with E-state index < -0.39 is 0 Å². The molecule has 274 valence electrons. The van der Waals surface area contributed by atoms with E-state index in [2.05, 4.69) is 207 Å². The first kappa shape index (κ1) is 33.2. The maximum Gasteiger partial charge on any atom is 0.143 e. The lowest BCUT2D eigenvalue weighted by Gasteiger charge is -2.27. The van der Waals surface area contributed by atoms with Gasteiger partial charge in [-0.25, -0.2) is 0 Å². The molecule has 12 rings (SSSR count). The molecular formula is C55H37NOS. The third kappa shape index (κ3) is 4.84. The molecule has 58 heavy (non-hydrogen) atoms. The summed E-state index contributed by atoms with van der Waals surface area (Å²) < 4.78 is 9.18. The fraction of sp³-hybridized carbons (Fsp3) is 0.0545. The fourth-order valence-electron chi connectivity index (χ4n) is 9.82. The Bertz CT molecular complexity index is 3440. The molecule has 11 aromatic rings. The Balaban J connectivity index is 1.04. The van der Waals surface area contributed by atoms with E-state index in [0.29, 0.717) is 0 Å². The highest BCUT2D eigenvalue weighted by Crippen LogP contribution is 2.53. The summed E-state index contributed by atoms with van der Waals surface area (Å²) in [5.74, 6) is 0. The van der Waals surface area contributed by atoms with E-state index in [-0.39, 0.29) is 5.41 Å². The third-order valence-corrected chi connectivity index (χ3v) is 13.7. The van der Waals surface area contributed by atoms with Gasteiger partial charge in [-0.2, -0.15) is 0 Å². The van der Waals surface area contributed by atoms with E-state index in [1.54, 1.807) is 0 Å². The van der Waals surface area contributed by atoms with Gasteiger partial charge in [0.15, 0.2) is 0 Å². The molecule has 0 radical (unpaired) electrons. The quantitative estimate of drug-likeness (QED) is 0.174. The highest BCUT2D eigenvalue weighted by atomic mass is 32.1.